The Kier molecular flexibility index (Phi) is 4.76. The standard InChI is InChI=1S/C13H20N2O2S2/c1-10(9-18-2)8-15-19(16,17)12-3-4-13-11(7-12)5-6-14-13/h3-4,7,10,14-15H,5-6,8-9H2,1-2H3. The van der Waals surface area contributed by atoms with Gasteiger partial charge in [0.25, 0.3) is 0 Å². The highest BCUT2D eigenvalue weighted by Gasteiger charge is 2.18. The molecule has 0 radical (unpaired) electrons. The molecule has 1 unspecified atom stereocenters. The lowest BCUT2D eigenvalue weighted by Crippen LogP contribution is -2.29. The molecule has 6 heteroatoms. The number of hydrogen-bond acceptors (Lipinski definition) is 4. The fourth-order valence-electron chi connectivity index (χ4n) is 2.13. The van der Waals surface area contributed by atoms with Crippen LogP contribution < -0.4 is 10.0 Å². The Hall–Kier alpha value is -0.720. The first kappa shape index (κ1) is 14.7. The van der Waals surface area contributed by atoms with Gasteiger partial charge in [-0.05, 0) is 48.1 Å². The van der Waals surface area contributed by atoms with E-state index in [4.69, 9.17) is 0 Å². The van der Waals surface area contributed by atoms with Crippen LogP contribution in [0.2, 0.25) is 0 Å². The Morgan fingerprint density at radius 3 is 3.00 bits per heavy atom. The van der Waals surface area contributed by atoms with Gasteiger partial charge in [0, 0.05) is 18.8 Å². The van der Waals surface area contributed by atoms with Crippen LogP contribution in [0.1, 0.15) is 12.5 Å². The largest absolute Gasteiger partial charge is 0.384 e. The number of hydrogen-bond donors (Lipinski definition) is 2. The third-order valence-corrected chi connectivity index (χ3v) is 5.49. The van der Waals surface area contributed by atoms with Crippen molar-refractivity contribution in [3.05, 3.63) is 23.8 Å². The number of nitrogens with one attached hydrogen (secondary N) is 2. The molecular formula is C13H20N2O2S2. The summed E-state index contributed by atoms with van der Waals surface area (Å²) in [5, 5.41) is 3.23. The number of sulfonamides is 1. The van der Waals surface area contributed by atoms with E-state index in [9.17, 15) is 8.42 Å². The summed E-state index contributed by atoms with van der Waals surface area (Å²) >= 11 is 1.73. The van der Waals surface area contributed by atoms with Gasteiger partial charge in [-0.25, -0.2) is 13.1 Å². The van der Waals surface area contributed by atoms with Crippen molar-refractivity contribution in [2.75, 3.05) is 30.4 Å². The van der Waals surface area contributed by atoms with Crippen molar-refractivity contribution >= 4 is 27.5 Å². The SMILES string of the molecule is CSCC(C)CNS(=O)(=O)c1ccc2c(c1)CCN2. The van der Waals surface area contributed by atoms with Crippen LogP contribution in [-0.2, 0) is 16.4 Å². The topological polar surface area (TPSA) is 58.2 Å². The maximum atomic E-state index is 12.2. The average molecular weight is 300 g/mol. The minimum absolute atomic E-state index is 0.334. The van der Waals surface area contributed by atoms with Gasteiger partial charge in [0.05, 0.1) is 4.90 Å². The highest BCUT2D eigenvalue weighted by molar-refractivity contribution is 7.98. The van der Waals surface area contributed by atoms with Crippen molar-refractivity contribution in [2.45, 2.75) is 18.2 Å². The maximum absolute atomic E-state index is 12.2. The summed E-state index contributed by atoms with van der Waals surface area (Å²) in [5.74, 6) is 1.29. The second kappa shape index (κ2) is 6.15. The summed E-state index contributed by atoms with van der Waals surface area (Å²) in [4.78, 5) is 0.367. The summed E-state index contributed by atoms with van der Waals surface area (Å²) < 4.78 is 27.1. The molecule has 19 heavy (non-hydrogen) atoms. The van der Waals surface area contributed by atoms with Crippen LogP contribution in [0.15, 0.2) is 23.1 Å². The molecule has 0 fully saturated rings. The lowest BCUT2D eigenvalue weighted by molar-refractivity contribution is 0.562. The van der Waals surface area contributed by atoms with Crippen LogP contribution in [0.25, 0.3) is 0 Å². The molecule has 1 aromatic carbocycles. The minimum Gasteiger partial charge on any atom is -0.384 e. The Labute approximate surface area is 119 Å². The van der Waals surface area contributed by atoms with Crippen molar-refractivity contribution in [3.8, 4) is 0 Å². The maximum Gasteiger partial charge on any atom is 0.240 e. The van der Waals surface area contributed by atoms with E-state index in [1.807, 2.05) is 19.2 Å². The summed E-state index contributed by atoms with van der Waals surface area (Å²) in [5.41, 5.74) is 2.13. The fraction of sp³-hybridized carbons (Fsp3) is 0.538. The Morgan fingerprint density at radius 2 is 2.26 bits per heavy atom. The molecular weight excluding hydrogens is 280 g/mol. The Bertz CT molecular complexity index is 544. The van der Waals surface area contributed by atoms with E-state index >= 15 is 0 Å². The Balaban J connectivity index is 2.07. The van der Waals surface area contributed by atoms with Crippen LogP contribution in [0.4, 0.5) is 5.69 Å². The van der Waals surface area contributed by atoms with Crippen molar-refractivity contribution in [1.29, 1.82) is 0 Å². The van der Waals surface area contributed by atoms with Gasteiger partial charge in [0.1, 0.15) is 0 Å². The highest BCUT2D eigenvalue weighted by atomic mass is 32.2. The van der Waals surface area contributed by atoms with E-state index in [0.717, 1.165) is 30.0 Å². The Morgan fingerprint density at radius 1 is 1.47 bits per heavy atom. The predicted molar refractivity (Wildman–Crippen MR) is 81.4 cm³/mol. The van der Waals surface area contributed by atoms with E-state index in [1.165, 1.54) is 0 Å². The third-order valence-electron chi connectivity index (χ3n) is 3.17. The number of anilines is 1. The molecule has 1 aromatic rings. The smallest absolute Gasteiger partial charge is 0.240 e. The molecule has 0 bridgehead atoms. The van der Waals surface area contributed by atoms with Gasteiger partial charge in [-0.1, -0.05) is 6.92 Å². The summed E-state index contributed by atoms with van der Waals surface area (Å²) in [6.07, 6.45) is 2.92. The molecule has 0 aliphatic carbocycles. The van der Waals surface area contributed by atoms with E-state index in [1.54, 1.807) is 23.9 Å². The van der Waals surface area contributed by atoms with Crippen LogP contribution in [0.3, 0.4) is 0 Å². The normalized spacial score (nSPS) is 15.9. The number of benzene rings is 1. The van der Waals surface area contributed by atoms with Gasteiger partial charge in [0.15, 0.2) is 0 Å². The van der Waals surface area contributed by atoms with Crippen molar-refractivity contribution in [1.82, 2.24) is 4.72 Å². The van der Waals surface area contributed by atoms with Crippen molar-refractivity contribution in [3.63, 3.8) is 0 Å². The van der Waals surface area contributed by atoms with Crippen LogP contribution in [0.5, 0.6) is 0 Å². The zero-order valence-electron chi connectivity index (χ0n) is 11.3. The van der Waals surface area contributed by atoms with Gasteiger partial charge in [-0.15, -0.1) is 0 Å². The lowest BCUT2D eigenvalue weighted by Gasteiger charge is -2.12. The van der Waals surface area contributed by atoms with Gasteiger partial charge in [0.2, 0.25) is 10.0 Å². The van der Waals surface area contributed by atoms with E-state index in [2.05, 4.69) is 10.0 Å². The minimum atomic E-state index is -3.38. The molecule has 106 valence electrons. The van der Waals surface area contributed by atoms with E-state index in [0.29, 0.717) is 17.4 Å². The van der Waals surface area contributed by atoms with Crippen molar-refractivity contribution in [2.24, 2.45) is 5.92 Å². The third kappa shape index (κ3) is 3.64. The summed E-state index contributed by atoms with van der Waals surface area (Å²) in [6, 6.07) is 5.29. The second-order valence-corrected chi connectivity index (χ2v) is 7.59. The predicted octanol–water partition coefficient (Wildman–Crippen LogP) is 1.93. The molecule has 2 N–H and O–H groups in total. The molecule has 1 atom stereocenters. The number of fused-ring (bicyclic) bond motifs is 1. The zero-order valence-corrected chi connectivity index (χ0v) is 12.9. The molecule has 1 heterocycles. The average Bonchev–Trinajstić information content (AvgIpc) is 2.84. The van der Waals surface area contributed by atoms with E-state index in [-0.39, 0.29) is 0 Å². The zero-order chi connectivity index (χ0) is 13.9. The first-order valence-corrected chi connectivity index (χ1v) is 9.26. The summed E-state index contributed by atoms with van der Waals surface area (Å²) in [6.45, 7) is 3.42. The molecule has 0 aromatic heterocycles. The van der Waals surface area contributed by atoms with Gasteiger partial charge >= 0.3 is 0 Å². The first-order valence-electron chi connectivity index (χ1n) is 6.38. The fourth-order valence-corrected chi connectivity index (χ4v) is 4.03. The molecule has 2 rings (SSSR count). The molecule has 1 aliphatic rings. The van der Waals surface area contributed by atoms with Crippen LogP contribution >= 0.6 is 11.8 Å². The molecule has 0 saturated carbocycles. The second-order valence-electron chi connectivity index (χ2n) is 4.91. The van der Waals surface area contributed by atoms with Crippen molar-refractivity contribution < 1.29 is 8.42 Å². The van der Waals surface area contributed by atoms with E-state index < -0.39 is 10.0 Å². The van der Waals surface area contributed by atoms with Gasteiger partial charge in [-0.3, -0.25) is 0 Å². The number of rotatable bonds is 6. The highest BCUT2D eigenvalue weighted by Crippen LogP contribution is 2.25. The lowest BCUT2D eigenvalue weighted by atomic mass is 10.2. The van der Waals surface area contributed by atoms with Crippen LogP contribution in [-0.4, -0.2) is 33.5 Å². The first-order chi connectivity index (χ1) is 9.03. The monoisotopic (exact) mass is 300 g/mol. The van der Waals surface area contributed by atoms with Gasteiger partial charge in [-0.2, -0.15) is 11.8 Å². The molecule has 0 spiro atoms. The number of thioether (sulfide) groups is 1. The molecule has 1 aliphatic heterocycles. The quantitative estimate of drug-likeness (QED) is 0.843. The molecule has 4 nitrogen and oxygen atoms in total. The van der Waals surface area contributed by atoms with Crippen LogP contribution in [0, 0.1) is 5.92 Å². The molecule has 0 amide bonds. The van der Waals surface area contributed by atoms with Gasteiger partial charge < -0.3 is 5.32 Å². The summed E-state index contributed by atoms with van der Waals surface area (Å²) in [7, 11) is -3.38. The molecule has 0 saturated heterocycles.